The first-order valence-corrected chi connectivity index (χ1v) is 12.9. The first kappa shape index (κ1) is 24.9. The van der Waals surface area contributed by atoms with E-state index in [1.54, 1.807) is 12.0 Å². The molecule has 0 aromatic heterocycles. The minimum absolute atomic E-state index is 0.0144. The number of benzene rings is 3. The maximum atomic E-state index is 13.3. The van der Waals surface area contributed by atoms with Crippen LogP contribution in [0.25, 0.3) is 0 Å². The Morgan fingerprint density at radius 3 is 2.41 bits per heavy atom. The zero-order valence-corrected chi connectivity index (χ0v) is 23.3. The molecule has 1 unspecified atom stereocenters. The molecule has 1 aliphatic rings. The third-order valence-corrected chi connectivity index (χ3v) is 7.25. The Kier molecular flexibility index (Phi) is 7.42. The van der Waals surface area contributed by atoms with Crippen molar-refractivity contribution in [1.29, 1.82) is 0 Å². The molecular weight excluding hydrogens is 609 g/mol. The summed E-state index contributed by atoms with van der Waals surface area (Å²) in [5.74, 6) is 1.50. The van der Waals surface area contributed by atoms with Crippen LogP contribution in [-0.4, -0.2) is 25.3 Å². The number of anilines is 1. The lowest BCUT2D eigenvalue weighted by Gasteiger charge is -2.26. The first-order chi connectivity index (χ1) is 16.2. The molecule has 3 aromatic carbocycles. The third-order valence-electron chi connectivity index (χ3n) is 5.55. The van der Waals surface area contributed by atoms with Gasteiger partial charge in [0.25, 0.3) is 0 Å². The predicted octanol–water partition coefficient (Wildman–Crippen LogP) is 7.53. The summed E-state index contributed by atoms with van der Waals surface area (Å²) in [6.07, 6.45) is -0.366. The molecule has 0 fully saturated rings. The minimum Gasteiger partial charge on any atom is -0.497 e. The van der Waals surface area contributed by atoms with E-state index in [9.17, 15) is 4.79 Å². The SMILES string of the molecule is COc1ccc(C2CN(C(=O)OC(C)(C)C)c3c(I)c(OCc4ccccc4)cc(Br)c32)cc1. The Labute approximate surface area is 222 Å². The Morgan fingerprint density at radius 1 is 1.12 bits per heavy atom. The van der Waals surface area contributed by atoms with E-state index >= 15 is 0 Å². The molecule has 5 nitrogen and oxygen atoms in total. The number of hydrogen-bond acceptors (Lipinski definition) is 4. The number of amides is 1. The van der Waals surface area contributed by atoms with Gasteiger partial charge >= 0.3 is 6.09 Å². The van der Waals surface area contributed by atoms with Gasteiger partial charge in [-0.1, -0.05) is 58.4 Å². The molecule has 1 heterocycles. The van der Waals surface area contributed by atoms with Gasteiger partial charge in [-0.2, -0.15) is 0 Å². The Balaban J connectivity index is 1.75. The van der Waals surface area contributed by atoms with Crippen molar-refractivity contribution in [3.8, 4) is 11.5 Å². The van der Waals surface area contributed by atoms with Gasteiger partial charge in [0.2, 0.25) is 0 Å². The van der Waals surface area contributed by atoms with Gasteiger partial charge in [-0.25, -0.2) is 4.79 Å². The molecule has 0 saturated heterocycles. The Hall–Kier alpha value is -2.26. The van der Waals surface area contributed by atoms with Gasteiger partial charge in [-0.3, -0.25) is 4.90 Å². The van der Waals surface area contributed by atoms with E-state index in [4.69, 9.17) is 14.2 Å². The molecule has 34 heavy (non-hydrogen) atoms. The molecule has 7 heteroatoms. The number of hydrogen-bond donors (Lipinski definition) is 0. The lowest BCUT2D eigenvalue weighted by atomic mass is 9.93. The monoisotopic (exact) mass is 635 g/mol. The fraction of sp³-hybridized carbons (Fsp3) is 0.296. The van der Waals surface area contributed by atoms with Crippen LogP contribution in [0.15, 0.2) is 65.1 Å². The zero-order chi connectivity index (χ0) is 24.5. The quantitative estimate of drug-likeness (QED) is 0.272. The number of methoxy groups -OCH3 is 1. The van der Waals surface area contributed by atoms with E-state index in [1.165, 1.54) is 0 Å². The van der Waals surface area contributed by atoms with Crippen LogP contribution in [0.5, 0.6) is 11.5 Å². The summed E-state index contributed by atoms with van der Waals surface area (Å²) in [4.78, 5) is 15.0. The van der Waals surface area contributed by atoms with Crippen LogP contribution in [0, 0.1) is 3.57 Å². The smallest absolute Gasteiger partial charge is 0.414 e. The van der Waals surface area contributed by atoms with Crippen LogP contribution in [0.1, 0.15) is 43.4 Å². The summed E-state index contributed by atoms with van der Waals surface area (Å²) in [6.45, 7) is 6.55. The van der Waals surface area contributed by atoms with E-state index in [0.717, 1.165) is 41.9 Å². The zero-order valence-electron chi connectivity index (χ0n) is 19.6. The molecule has 3 aromatic rings. The summed E-state index contributed by atoms with van der Waals surface area (Å²) < 4.78 is 19.1. The number of ether oxygens (including phenoxy) is 3. The largest absolute Gasteiger partial charge is 0.497 e. The van der Waals surface area contributed by atoms with E-state index < -0.39 is 5.60 Å². The molecule has 0 radical (unpaired) electrons. The van der Waals surface area contributed by atoms with Crippen LogP contribution in [-0.2, 0) is 11.3 Å². The second-order valence-corrected chi connectivity index (χ2v) is 11.1. The van der Waals surface area contributed by atoms with Crippen molar-refractivity contribution < 1.29 is 19.0 Å². The summed E-state index contributed by atoms with van der Waals surface area (Å²) in [5.41, 5.74) is 3.46. The molecule has 0 bridgehead atoms. The van der Waals surface area contributed by atoms with E-state index in [0.29, 0.717) is 13.2 Å². The van der Waals surface area contributed by atoms with Gasteiger partial charge in [0.05, 0.1) is 16.4 Å². The molecule has 1 atom stereocenters. The third kappa shape index (κ3) is 5.35. The summed E-state index contributed by atoms with van der Waals surface area (Å²) >= 11 is 6.05. The number of nitrogens with zero attached hydrogens (tertiary/aromatic N) is 1. The van der Waals surface area contributed by atoms with Gasteiger partial charge in [0.1, 0.15) is 23.7 Å². The normalized spacial score (nSPS) is 15.1. The highest BCUT2D eigenvalue weighted by Crippen LogP contribution is 2.50. The van der Waals surface area contributed by atoms with E-state index in [1.807, 2.05) is 81.4 Å². The fourth-order valence-corrected chi connectivity index (χ4v) is 5.56. The van der Waals surface area contributed by atoms with E-state index in [-0.39, 0.29) is 12.0 Å². The summed E-state index contributed by atoms with van der Waals surface area (Å²) in [5, 5.41) is 0. The summed E-state index contributed by atoms with van der Waals surface area (Å²) in [7, 11) is 1.65. The first-order valence-electron chi connectivity index (χ1n) is 11.0. The Morgan fingerprint density at radius 2 is 1.79 bits per heavy atom. The van der Waals surface area contributed by atoms with Gasteiger partial charge in [0, 0.05) is 22.5 Å². The topological polar surface area (TPSA) is 48.0 Å². The number of rotatable bonds is 5. The molecule has 0 spiro atoms. The van der Waals surface area contributed by atoms with Crippen LogP contribution < -0.4 is 14.4 Å². The molecule has 4 rings (SSSR count). The van der Waals surface area contributed by atoms with Gasteiger partial charge in [-0.05, 0) is 72.7 Å². The second-order valence-electron chi connectivity index (χ2n) is 9.12. The highest BCUT2D eigenvalue weighted by Gasteiger charge is 2.39. The van der Waals surface area contributed by atoms with Gasteiger partial charge in [0.15, 0.2) is 0 Å². The Bertz CT molecular complexity index is 1180. The maximum absolute atomic E-state index is 13.3. The van der Waals surface area contributed by atoms with Crippen LogP contribution in [0.3, 0.4) is 0 Å². The lowest BCUT2D eigenvalue weighted by Crippen LogP contribution is -2.36. The standard InChI is InChI=1S/C27H27BrINO4/c1-27(2,3)34-26(31)30-15-20(18-10-12-19(32-4)13-11-18)23-21(28)14-22(24(29)25(23)30)33-16-17-8-6-5-7-9-17/h5-14,20H,15-16H2,1-4H3. The van der Waals surface area contributed by atoms with Gasteiger partial charge < -0.3 is 14.2 Å². The summed E-state index contributed by atoms with van der Waals surface area (Å²) in [6, 6.07) is 20.0. The molecular formula is C27H27BrINO4. The number of fused-ring (bicyclic) bond motifs is 1. The second kappa shape index (κ2) is 10.2. The molecule has 1 amide bonds. The molecule has 0 aliphatic carbocycles. The van der Waals surface area contributed by atoms with Crippen LogP contribution in [0.4, 0.5) is 10.5 Å². The van der Waals surface area contributed by atoms with Crippen molar-refractivity contribution in [2.75, 3.05) is 18.6 Å². The number of carbonyl (C=O) groups is 1. The van der Waals surface area contributed by atoms with Crippen molar-refractivity contribution in [2.24, 2.45) is 0 Å². The van der Waals surface area contributed by atoms with Crippen molar-refractivity contribution in [3.05, 3.63) is 85.4 Å². The van der Waals surface area contributed by atoms with Crippen LogP contribution in [0.2, 0.25) is 0 Å². The van der Waals surface area contributed by atoms with Crippen LogP contribution >= 0.6 is 38.5 Å². The molecule has 178 valence electrons. The number of carbonyl (C=O) groups excluding carboxylic acids is 1. The average Bonchev–Trinajstić information content (AvgIpc) is 3.22. The molecule has 0 saturated carbocycles. The molecule has 0 N–H and O–H groups in total. The minimum atomic E-state index is -0.598. The molecule has 1 aliphatic heterocycles. The highest BCUT2D eigenvalue weighted by atomic mass is 127. The van der Waals surface area contributed by atoms with E-state index in [2.05, 4.69) is 38.5 Å². The predicted molar refractivity (Wildman–Crippen MR) is 146 cm³/mol. The average molecular weight is 636 g/mol. The lowest BCUT2D eigenvalue weighted by molar-refractivity contribution is 0.0582. The van der Waals surface area contributed by atoms with Crippen molar-refractivity contribution in [3.63, 3.8) is 0 Å². The fourth-order valence-electron chi connectivity index (χ4n) is 4.00. The van der Waals surface area contributed by atoms with Crippen molar-refractivity contribution in [1.82, 2.24) is 0 Å². The van der Waals surface area contributed by atoms with Crippen molar-refractivity contribution >= 4 is 50.3 Å². The van der Waals surface area contributed by atoms with Gasteiger partial charge in [-0.15, -0.1) is 0 Å². The highest BCUT2D eigenvalue weighted by molar-refractivity contribution is 14.1. The maximum Gasteiger partial charge on any atom is 0.414 e. The number of halogens is 2. The van der Waals surface area contributed by atoms with Crippen molar-refractivity contribution in [2.45, 2.75) is 38.9 Å².